The Labute approximate surface area is 323 Å². The summed E-state index contributed by atoms with van der Waals surface area (Å²) in [5, 5.41) is 3.64. The summed E-state index contributed by atoms with van der Waals surface area (Å²) in [6.07, 6.45) is 3.61. The van der Waals surface area contributed by atoms with Crippen molar-refractivity contribution < 1.29 is 8.42 Å². The molecule has 0 amide bonds. The molecular formula is C50H31N3O2S. The Morgan fingerprint density at radius 2 is 1.00 bits per heavy atom. The van der Waals surface area contributed by atoms with Crippen LogP contribution in [0.4, 0.5) is 0 Å². The number of aromatic nitrogens is 3. The van der Waals surface area contributed by atoms with E-state index in [0.29, 0.717) is 21.4 Å². The van der Waals surface area contributed by atoms with Crippen molar-refractivity contribution in [1.29, 1.82) is 0 Å². The van der Waals surface area contributed by atoms with E-state index in [-0.39, 0.29) is 4.90 Å². The number of rotatable bonds is 2. The Morgan fingerprint density at radius 3 is 1.77 bits per heavy atom. The third kappa shape index (κ3) is 4.83. The summed E-state index contributed by atoms with van der Waals surface area (Å²) in [7, 11) is -4.09. The molecule has 0 radical (unpaired) electrons. The molecule has 0 saturated heterocycles. The number of hydrogen-bond acceptors (Lipinski definition) is 4. The second-order valence-electron chi connectivity index (χ2n) is 14.1. The van der Waals surface area contributed by atoms with Crippen LogP contribution >= 0.6 is 0 Å². The van der Waals surface area contributed by atoms with Gasteiger partial charge in [0.15, 0.2) is 0 Å². The lowest BCUT2D eigenvalue weighted by atomic mass is 9.85. The second kappa shape index (κ2) is 12.4. The van der Waals surface area contributed by atoms with Crippen LogP contribution in [0, 0.1) is 0 Å². The van der Waals surface area contributed by atoms with Gasteiger partial charge in [0.2, 0.25) is 9.84 Å². The van der Waals surface area contributed by atoms with Crippen molar-refractivity contribution in [2.75, 3.05) is 0 Å². The molecule has 11 rings (SSSR count). The highest BCUT2D eigenvalue weighted by molar-refractivity contribution is 7.92. The van der Waals surface area contributed by atoms with E-state index in [4.69, 9.17) is 4.98 Å². The quantitative estimate of drug-likeness (QED) is 0.177. The molecule has 3 aromatic heterocycles. The molecule has 0 fully saturated rings. The Bertz CT molecular complexity index is 3330. The topological polar surface area (TPSA) is 64.8 Å². The van der Waals surface area contributed by atoms with Crippen LogP contribution in [-0.4, -0.2) is 23.0 Å². The lowest BCUT2D eigenvalue weighted by Crippen LogP contribution is -2.07. The van der Waals surface area contributed by atoms with E-state index in [0.717, 1.165) is 77.6 Å². The van der Waals surface area contributed by atoms with Crippen LogP contribution in [0.3, 0.4) is 0 Å². The van der Waals surface area contributed by atoms with Gasteiger partial charge in [0.05, 0.1) is 15.3 Å². The molecule has 6 heteroatoms. The standard InChI is InChI=1S/C50H31N3O2S/c54-56(55)47-20-8-7-18-41(47)39-17-6-5-15-37(39)36-14-3-4-16-38(36)40-25-23-33(30-44(40)42-26-22-32-12-1-2-13-35(32)49(42)56)34-24-27-46-45(31-34)43-19-11-29-52-50(43)53(46)48-21-9-10-28-51-48/h1-31H. The molecule has 1 aliphatic rings. The highest BCUT2D eigenvalue weighted by Crippen LogP contribution is 2.49. The fraction of sp³-hybridized carbons (Fsp3) is 0. The first kappa shape index (κ1) is 32.3. The second-order valence-corrected chi connectivity index (χ2v) is 16.0. The number of fused-ring (bicyclic) bond motifs is 14. The van der Waals surface area contributed by atoms with Gasteiger partial charge < -0.3 is 0 Å². The van der Waals surface area contributed by atoms with Crippen LogP contribution in [0.15, 0.2) is 198 Å². The highest BCUT2D eigenvalue weighted by Gasteiger charge is 2.31. The SMILES string of the molecule is O=S1(=O)c2ccccc2-c2ccccc2-c2ccccc2-c2ccc(-c3ccc4c(c3)c3cccnc3n4-c3ccccn3)cc2-c2ccc3ccccc3c21. The van der Waals surface area contributed by atoms with Gasteiger partial charge in [0.25, 0.3) is 0 Å². The molecule has 0 N–H and O–H groups in total. The molecule has 264 valence electrons. The summed E-state index contributed by atoms with van der Waals surface area (Å²) in [5.41, 5.74) is 10.8. The third-order valence-electron chi connectivity index (χ3n) is 11.1. The Morgan fingerprint density at radius 1 is 0.411 bits per heavy atom. The average Bonchev–Trinajstić information content (AvgIpc) is 3.59. The van der Waals surface area contributed by atoms with E-state index in [1.165, 1.54) is 0 Å². The van der Waals surface area contributed by atoms with Gasteiger partial charge in [0, 0.05) is 39.7 Å². The zero-order valence-electron chi connectivity index (χ0n) is 30.0. The lowest BCUT2D eigenvalue weighted by Gasteiger charge is -2.19. The molecule has 0 unspecified atom stereocenters. The van der Waals surface area contributed by atoms with Crippen molar-refractivity contribution in [3.8, 4) is 61.5 Å². The summed E-state index contributed by atoms with van der Waals surface area (Å²) >= 11 is 0. The summed E-state index contributed by atoms with van der Waals surface area (Å²) < 4.78 is 33.1. The number of pyridine rings is 2. The summed E-state index contributed by atoms with van der Waals surface area (Å²) in [6, 6.07) is 58.7. The molecule has 0 aliphatic carbocycles. The molecule has 56 heavy (non-hydrogen) atoms. The molecule has 0 bridgehead atoms. The van der Waals surface area contributed by atoms with Crippen LogP contribution in [0.25, 0.3) is 94.2 Å². The largest absolute Gasteiger partial charge is 0.278 e. The van der Waals surface area contributed by atoms with Crippen molar-refractivity contribution in [2.24, 2.45) is 0 Å². The minimum Gasteiger partial charge on any atom is -0.278 e. The maximum absolute atomic E-state index is 15.5. The summed E-state index contributed by atoms with van der Waals surface area (Å²) in [5.74, 6) is 0.801. The lowest BCUT2D eigenvalue weighted by molar-refractivity contribution is 0.597. The molecular weight excluding hydrogens is 707 g/mol. The van der Waals surface area contributed by atoms with Crippen LogP contribution in [0.1, 0.15) is 0 Å². The third-order valence-corrected chi connectivity index (χ3v) is 13.0. The van der Waals surface area contributed by atoms with Gasteiger partial charge in [-0.15, -0.1) is 0 Å². The Balaban J connectivity index is 1.24. The van der Waals surface area contributed by atoms with Gasteiger partial charge in [-0.05, 0) is 98.4 Å². The zero-order chi connectivity index (χ0) is 37.4. The van der Waals surface area contributed by atoms with Gasteiger partial charge in [-0.1, -0.05) is 127 Å². The smallest absolute Gasteiger partial charge is 0.208 e. The van der Waals surface area contributed by atoms with Crippen molar-refractivity contribution in [1.82, 2.24) is 14.5 Å². The molecule has 1 aliphatic heterocycles. The van der Waals surface area contributed by atoms with E-state index in [2.05, 4.69) is 82.3 Å². The molecule has 0 spiro atoms. The first-order chi connectivity index (χ1) is 27.6. The predicted octanol–water partition coefficient (Wildman–Crippen LogP) is 12.2. The van der Waals surface area contributed by atoms with Gasteiger partial charge >= 0.3 is 0 Å². The van der Waals surface area contributed by atoms with Crippen molar-refractivity contribution in [3.05, 3.63) is 188 Å². The molecule has 7 aromatic carbocycles. The summed E-state index contributed by atoms with van der Waals surface area (Å²) in [6.45, 7) is 0. The van der Waals surface area contributed by atoms with Crippen molar-refractivity contribution in [2.45, 2.75) is 9.79 Å². The Kier molecular flexibility index (Phi) is 7.18. The predicted molar refractivity (Wildman–Crippen MR) is 227 cm³/mol. The molecule has 0 saturated carbocycles. The maximum atomic E-state index is 15.5. The van der Waals surface area contributed by atoms with Crippen LogP contribution in [0.2, 0.25) is 0 Å². The minimum atomic E-state index is -4.09. The van der Waals surface area contributed by atoms with Gasteiger partial charge in [-0.3, -0.25) is 4.57 Å². The van der Waals surface area contributed by atoms with Crippen molar-refractivity contribution in [3.63, 3.8) is 0 Å². The normalized spacial score (nSPS) is 12.9. The van der Waals surface area contributed by atoms with E-state index < -0.39 is 9.84 Å². The van der Waals surface area contributed by atoms with Gasteiger partial charge in [-0.2, -0.15) is 0 Å². The fourth-order valence-electron chi connectivity index (χ4n) is 8.61. The molecule has 0 atom stereocenters. The molecule has 4 heterocycles. The fourth-order valence-corrected chi connectivity index (χ4v) is 10.5. The van der Waals surface area contributed by atoms with E-state index in [1.54, 1.807) is 12.3 Å². The van der Waals surface area contributed by atoms with E-state index >= 15 is 8.42 Å². The molecule has 10 aromatic rings. The van der Waals surface area contributed by atoms with E-state index in [1.807, 2.05) is 103 Å². The van der Waals surface area contributed by atoms with Gasteiger partial charge in [-0.25, -0.2) is 18.4 Å². The monoisotopic (exact) mass is 737 g/mol. The average molecular weight is 738 g/mol. The first-order valence-corrected chi connectivity index (χ1v) is 20.0. The van der Waals surface area contributed by atoms with Crippen molar-refractivity contribution >= 4 is 42.5 Å². The summed E-state index contributed by atoms with van der Waals surface area (Å²) in [4.78, 5) is 10.0. The van der Waals surface area contributed by atoms with Crippen LogP contribution in [-0.2, 0) is 9.84 Å². The number of benzene rings is 7. The number of sulfone groups is 1. The maximum Gasteiger partial charge on any atom is 0.208 e. The number of nitrogens with zero attached hydrogens (tertiary/aromatic N) is 3. The number of hydrogen-bond donors (Lipinski definition) is 0. The van der Waals surface area contributed by atoms with Crippen LogP contribution < -0.4 is 0 Å². The van der Waals surface area contributed by atoms with Gasteiger partial charge in [0.1, 0.15) is 11.5 Å². The molecule has 5 nitrogen and oxygen atoms in total. The Hall–Kier alpha value is -7.15. The highest BCUT2D eigenvalue weighted by atomic mass is 32.2. The van der Waals surface area contributed by atoms with Crippen LogP contribution in [0.5, 0.6) is 0 Å². The van der Waals surface area contributed by atoms with E-state index in [9.17, 15) is 0 Å². The zero-order valence-corrected chi connectivity index (χ0v) is 30.8. The minimum absolute atomic E-state index is 0.283. The first-order valence-electron chi connectivity index (χ1n) is 18.6.